The molecule has 6 nitrogen and oxygen atoms in total. The molecule has 1 atom stereocenters. The number of primary amides is 1. The number of benzene rings is 1. The molecule has 1 rings (SSSR count). The Bertz CT molecular complexity index is 472. The SMILES string of the molecule is CC(Oc1cc(N)ccc1C(N)=O)C(=O)N(C)C. The first-order chi connectivity index (χ1) is 8.32. The van der Waals surface area contributed by atoms with Crippen molar-refractivity contribution in [3.63, 3.8) is 0 Å². The smallest absolute Gasteiger partial charge is 0.262 e. The highest BCUT2D eigenvalue weighted by Gasteiger charge is 2.19. The number of hydrogen-bond donors (Lipinski definition) is 2. The topological polar surface area (TPSA) is 98.6 Å². The lowest BCUT2D eigenvalue weighted by atomic mass is 10.1. The van der Waals surface area contributed by atoms with E-state index in [-0.39, 0.29) is 17.2 Å². The molecule has 0 radical (unpaired) electrons. The number of carbonyl (C=O) groups is 2. The number of amides is 2. The molecule has 0 aliphatic heterocycles. The van der Waals surface area contributed by atoms with Crippen LogP contribution in [-0.2, 0) is 4.79 Å². The summed E-state index contributed by atoms with van der Waals surface area (Å²) in [6.45, 7) is 1.59. The maximum absolute atomic E-state index is 11.7. The third-order valence-corrected chi connectivity index (χ3v) is 2.36. The first-order valence-electron chi connectivity index (χ1n) is 5.40. The van der Waals surface area contributed by atoms with Crippen molar-refractivity contribution >= 4 is 17.5 Å². The fourth-order valence-electron chi connectivity index (χ4n) is 1.44. The van der Waals surface area contributed by atoms with Gasteiger partial charge in [-0.05, 0) is 19.1 Å². The van der Waals surface area contributed by atoms with Crippen LogP contribution in [0.3, 0.4) is 0 Å². The van der Waals surface area contributed by atoms with E-state index in [1.54, 1.807) is 27.1 Å². The number of ether oxygens (including phenoxy) is 1. The summed E-state index contributed by atoms with van der Waals surface area (Å²) >= 11 is 0. The zero-order valence-electron chi connectivity index (χ0n) is 10.6. The van der Waals surface area contributed by atoms with E-state index >= 15 is 0 Å². The number of likely N-dealkylation sites (N-methyl/N-ethyl adjacent to an activating group) is 1. The predicted molar refractivity (Wildman–Crippen MR) is 68.2 cm³/mol. The Morgan fingerprint density at radius 3 is 2.44 bits per heavy atom. The number of nitrogens with two attached hydrogens (primary N) is 2. The van der Waals surface area contributed by atoms with Gasteiger partial charge in [0.25, 0.3) is 11.8 Å². The van der Waals surface area contributed by atoms with Crippen LogP contribution in [0.5, 0.6) is 5.75 Å². The minimum Gasteiger partial charge on any atom is -0.480 e. The van der Waals surface area contributed by atoms with Crippen molar-refractivity contribution in [2.24, 2.45) is 5.73 Å². The highest BCUT2D eigenvalue weighted by molar-refractivity contribution is 5.96. The number of nitrogens with zero attached hydrogens (tertiary/aromatic N) is 1. The molecule has 1 unspecified atom stereocenters. The van der Waals surface area contributed by atoms with Gasteiger partial charge in [-0.3, -0.25) is 9.59 Å². The lowest BCUT2D eigenvalue weighted by Gasteiger charge is -2.19. The average Bonchev–Trinajstić information content (AvgIpc) is 2.27. The Labute approximate surface area is 105 Å². The number of rotatable bonds is 4. The van der Waals surface area contributed by atoms with Gasteiger partial charge >= 0.3 is 0 Å². The summed E-state index contributed by atoms with van der Waals surface area (Å²) in [5, 5.41) is 0. The van der Waals surface area contributed by atoms with Crippen molar-refractivity contribution in [1.82, 2.24) is 4.90 Å². The Balaban J connectivity index is 2.99. The first kappa shape index (κ1) is 13.8. The van der Waals surface area contributed by atoms with E-state index in [2.05, 4.69) is 0 Å². The molecule has 0 aliphatic rings. The summed E-state index contributed by atoms with van der Waals surface area (Å²) in [6, 6.07) is 4.49. The molecule has 0 fully saturated rings. The number of hydrogen-bond acceptors (Lipinski definition) is 4. The van der Waals surface area contributed by atoms with Crippen LogP contribution in [0.25, 0.3) is 0 Å². The standard InChI is InChI=1S/C12H17N3O3/c1-7(12(17)15(2)3)18-10-6-8(13)4-5-9(10)11(14)16/h4-7H,13H2,1-3H3,(H2,14,16). The van der Waals surface area contributed by atoms with Crippen LogP contribution in [-0.4, -0.2) is 36.9 Å². The van der Waals surface area contributed by atoms with E-state index in [0.29, 0.717) is 5.69 Å². The summed E-state index contributed by atoms with van der Waals surface area (Å²) < 4.78 is 5.44. The number of carbonyl (C=O) groups excluding carboxylic acids is 2. The van der Waals surface area contributed by atoms with Gasteiger partial charge in [0.1, 0.15) is 5.75 Å². The van der Waals surface area contributed by atoms with Crippen LogP contribution in [0, 0.1) is 0 Å². The second-order valence-electron chi connectivity index (χ2n) is 4.11. The van der Waals surface area contributed by atoms with Gasteiger partial charge in [-0.25, -0.2) is 0 Å². The Morgan fingerprint density at radius 1 is 1.33 bits per heavy atom. The van der Waals surface area contributed by atoms with Crippen molar-refractivity contribution in [2.75, 3.05) is 19.8 Å². The zero-order chi connectivity index (χ0) is 13.9. The lowest BCUT2D eigenvalue weighted by molar-refractivity contribution is -0.135. The highest BCUT2D eigenvalue weighted by atomic mass is 16.5. The molecule has 2 amide bonds. The molecule has 6 heteroatoms. The maximum Gasteiger partial charge on any atom is 0.262 e. The average molecular weight is 251 g/mol. The van der Waals surface area contributed by atoms with Gasteiger partial charge < -0.3 is 21.1 Å². The molecule has 0 saturated heterocycles. The lowest BCUT2D eigenvalue weighted by Crippen LogP contribution is -2.35. The maximum atomic E-state index is 11.7. The van der Waals surface area contributed by atoms with Gasteiger partial charge in [-0.15, -0.1) is 0 Å². The van der Waals surface area contributed by atoms with E-state index in [9.17, 15) is 9.59 Å². The summed E-state index contributed by atoms with van der Waals surface area (Å²) in [7, 11) is 3.24. The summed E-state index contributed by atoms with van der Waals surface area (Å²) in [5.41, 5.74) is 11.5. The van der Waals surface area contributed by atoms with E-state index in [1.807, 2.05) is 0 Å². The Hall–Kier alpha value is -2.24. The number of anilines is 1. The second kappa shape index (κ2) is 5.39. The van der Waals surface area contributed by atoms with Gasteiger partial charge in [0.15, 0.2) is 6.10 Å². The molecule has 0 spiro atoms. The van der Waals surface area contributed by atoms with Gasteiger partial charge in [-0.2, -0.15) is 0 Å². The fourth-order valence-corrected chi connectivity index (χ4v) is 1.44. The molecule has 1 aromatic carbocycles. The Morgan fingerprint density at radius 2 is 1.94 bits per heavy atom. The zero-order valence-corrected chi connectivity index (χ0v) is 10.6. The minimum absolute atomic E-state index is 0.197. The third-order valence-electron chi connectivity index (χ3n) is 2.36. The Kier molecular flexibility index (Phi) is 4.14. The molecule has 1 aromatic rings. The fraction of sp³-hybridized carbons (Fsp3) is 0.333. The molecular formula is C12H17N3O3. The van der Waals surface area contributed by atoms with Crippen molar-refractivity contribution in [3.05, 3.63) is 23.8 Å². The van der Waals surface area contributed by atoms with Gasteiger partial charge in [-0.1, -0.05) is 0 Å². The molecule has 0 saturated carbocycles. The van der Waals surface area contributed by atoms with E-state index in [4.69, 9.17) is 16.2 Å². The van der Waals surface area contributed by atoms with Crippen molar-refractivity contribution < 1.29 is 14.3 Å². The van der Waals surface area contributed by atoms with Crippen LogP contribution < -0.4 is 16.2 Å². The predicted octanol–water partition coefficient (Wildman–Crippen LogP) is 0.223. The van der Waals surface area contributed by atoms with Crippen LogP contribution in [0.4, 0.5) is 5.69 Å². The number of nitrogen functional groups attached to an aromatic ring is 1. The molecule has 0 heterocycles. The molecule has 0 aliphatic carbocycles. The molecule has 0 aromatic heterocycles. The molecule has 0 bridgehead atoms. The van der Waals surface area contributed by atoms with E-state index in [0.717, 1.165) is 0 Å². The van der Waals surface area contributed by atoms with Crippen molar-refractivity contribution in [2.45, 2.75) is 13.0 Å². The normalized spacial score (nSPS) is 11.7. The highest BCUT2D eigenvalue weighted by Crippen LogP contribution is 2.22. The van der Waals surface area contributed by atoms with Gasteiger partial charge in [0.05, 0.1) is 5.56 Å². The third kappa shape index (κ3) is 3.13. The van der Waals surface area contributed by atoms with Crippen LogP contribution in [0.2, 0.25) is 0 Å². The quantitative estimate of drug-likeness (QED) is 0.748. The largest absolute Gasteiger partial charge is 0.480 e. The van der Waals surface area contributed by atoms with Crippen molar-refractivity contribution in [1.29, 1.82) is 0 Å². The first-order valence-corrected chi connectivity index (χ1v) is 5.40. The summed E-state index contributed by atoms with van der Waals surface area (Å²) in [4.78, 5) is 24.3. The van der Waals surface area contributed by atoms with Crippen molar-refractivity contribution in [3.8, 4) is 5.75 Å². The van der Waals surface area contributed by atoms with Gasteiger partial charge in [0, 0.05) is 25.8 Å². The van der Waals surface area contributed by atoms with Crippen LogP contribution in [0.15, 0.2) is 18.2 Å². The summed E-state index contributed by atoms with van der Waals surface area (Å²) in [5.74, 6) is -0.632. The minimum atomic E-state index is -0.722. The summed E-state index contributed by atoms with van der Waals surface area (Å²) in [6.07, 6.45) is -0.722. The van der Waals surface area contributed by atoms with E-state index < -0.39 is 12.0 Å². The van der Waals surface area contributed by atoms with E-state index in [1.165, 1.54) is 17.0 Å². The van der Waals surface area contributed by atoms with Crippen LogP contribution in [0.1, 0.15) is 17.3 Å². The van der Waals surface area contributed by atoms with Gasteiger partial charge in [0.2, 0.25) is 0 Å². The molecule has 4 N–H and O–H groups in total. The molecule has 98 valence electrons. The monoisotopic (exact) mass is 251 g/mol. The van der Waals surface area contributed by atoms with Crippen LogP contribution >= 0.6 is 0 Å². The second-order valence-corrected chi connectivity index (χ2v) is 4.11. The molecular weight excluding hydrogens is 234 g/mol. The molecule has 18 heavy (non-hydrogen) atoms.